The van der Waals surface area contributed by atoms with Crippen LogP contribution in [0.15, 0.2) is 72.1 Å². The molecular formula is C25H26F3N3O3S. The molecule has 0 aliphatic carbocycles. The number of nitrogens with zero attached hydrogens (tertiary/aromatic N) is 2. The Morgan fingerprint density at radius 2 is 1.69 bits per heavy atom. The first-order valence-electron chi connectivity index (χ1n) is 10.9. The van der Waals surface area contributed by atoms with Gasteiger partial charge in [0, 0.05) is 43.6 Å². The lowest BCUT2D eigenvalue weighted by atomic mass is 10.1. The van der Waals surface area contributed by atoms with Gasteiger partial charge in [0.2, 0.25) is 0 Å². The second kappa shape index (κ2) is 11.9. The van der Waals surface area contributed by atoms with Crippen LogP contribution in [0, 0.1) is 0 Å². The number of benzene rings is 2. The summed E-state index contributed by atoms with van der Waals surface area (Å²) in [4.78, 5) is 26.8. The van der Waals surface area contributed by atoms with Crippen molar-refractivity contribution < 1.29 is 27.9 Å². The van der Waals surface area contributed by atoms with Crippen LogP contribution in [0.25, 0.3) is 0 Å². The maximum Gasteiger partial charge on any atom is 0.490 e. The molecule has 0 spiro atoms. The highest BCUT2D eigenvalue weighted by Crippen LogP contribution is 2.24. The summed E-state index contributed by atoms with van der Waals surface area (Å²) in [5.41, 5.74) is 3.41. The van der Waals surface area contributed by atoms with Crippen molar-refractivity contribution in [2.24, 2.45) is 0 Å². The molecule has 2 heterocycles. The smallest absolute Gasteiger partial charge is 0.475 e. The van der Waals surface area contributed by atoms with E-state index in [-0.39, 0.29) is 5.91 Å². The molecule has 3 aromatic rings. The van der Waals surface area contributed by atoms with E-state index in [0.29, 0.717) is 6.04 Å². The molecule has 1 amide bonds. The predicted octanol–water partition coefficient (Wildman–Crippen LogP) is 5.34. The molecule has 1 unspecified atom stereocenters. The standard InChI is InChI=1S/C23H25N3OS.C2HF3O2/c1-18-16-25(17-19-6-3-2-4-7-19)13-14-26(18)21-11-9-20(10-12-21)24-23(27)22-8-5-15-28-22;3-2(4,5)1(6)7/h2-12,15,18H,13-14,16-17H2,1H3,(H,24,27);(H,6,7). The molecule has 10 heteroatoms. The fraction of sp³-hybridized carbons (Fsp3) is 0.280. The summed E-state index contributed by atoms with van der Waals surface area (Å²) in [6.07, 6.45) is -5.08. The number of halogens is 3. The molecule has 1 aromatic heterocycles. The van der Waals surface area contributed by atoms with Gasteiger partial charge >= 0.3 is 12.1 Å². The fourth-order valence-corrected chi connectivity index (χ4v) is 4.36. The molecule has 1 fully saturated rings. The summed E-state index contributed by atoms with van der Waals surface area (Å²) >= 11 is 1.45. The number of thiophene rings is 1. The first-order valence-corrected chi connectivity index (χ1v) is 11.8. The zero-order valence-electron chi connectivity index (χ0n) is 19.0. The quantitative estimate of drug-likeness (QED) is 0.490. The highest BCUT2D eigenvalue weighted by Gasteiger charge is 2.38. The van der Waals surface area contributed by atoms with Crippen molar-refractivity contribution in [2.75, 3.05) is 29.9 Å². The van der Waals surface area contributed by atoms with E-state index in [0.717, 1.165) is 36.7 Å². The third kappa shape index (κ3) is 7.83. The van der Waals surface area contributed by atoms with Gasteiger partial charge in [0.05, 0.1) is 4.88 Å². The van der Waals surface area contributed by atoms with Crippen LogP contribution in [-0.2, 0) is 11.3 Å². The second-order valence-corrected chi connectivity index (χ2v) is 8.99. The summed E-state index contributed by atoms with van der Waals surface area (Å²) in [7, 11) is 0. The largest absolute Gasteiger partial charge is 0.490 e. The number of aliphatic carboxylic acids is 1. The monoisotopic (exact) mass is 505 g/mol. The van der Waals surface area contributed by atoms with Crippen LogP contribution in [0.5, 0.6) is 0 Å². The minimum atomic E-state index is -5.08. The number of piperazine rings is 1. The molecule has 2 aromatic carbocycles. The molecule has 2 N–H and O–H groups in total. The Morgan fingerprint density at radius 3 is 2.23 bits per heavy atom. The number of amides is 1. The lowest BCUT2D eigenvalue weighted by Gasteiger charge is -2.41. The fourth-order valence-electron chi connectivity index (χ4n) is 3.74. The van der Waals surface area contributed by atoms with Gasteiger partial charge in [-0.15, -0.1) is 11.3 Å². The average molecular weight is 506 g/mol. The third-order valence-corrected chi connectivity index (χ3v) is 6.27. The number of rotatable bonds is 5. The van der Waals surface area contributed by atoms with E-state index in [1.54, 1.807) is 0 Å². The summed E-state index contributed by atoms with van der Waals surface area (Å²) < 4.78 is 31.7. The van der Waals surface area contributed by atoms with E-state index in [4.69, 9.17) is 9.90 Å². The lowest BCUT2D eigenvalue weighted by molar-refractivity contribution is -0.192. The molecule has 0 saturated carbocycles. The van der Waals surface area contributed by atoms with Crippen LogP contribution in [0.1, 0.15) is 22.2 Å². The van der Waals surface area contributed by atoms with Gasteiger partial charge in [-0.05, 0) is 48.2 Å². The van der Waals surface area contributed by atoms with Gasteiger partial charge in [-0.1, -0.05) is 36.4 Å². The van der Waals surface area contributed by atoms with Gasteiger partial charge in [-0.3, -0.25) is 9.69 Å². The van der Waals surface area contributed by atoms with Crippen LogP contribution in [0.4, 0.5) is 24.5 Å². The molecule has 0 bridgehead atoms. The highest BCUT2D eigenvalue weighted by atomic mass is 32.1. The molecule has 186 valence electrons. The first-order chi connectivity index (χ1) is 16.6. The molecule has 1 atom stereocenters. The maximum atomic E-state index is 12.2. The Labute approximate surface area is 205 Å². The van der Waals surface area contributed by atoms with E-state index in [2.05, 4.69) is 64.5 Å². The van der Waals surface area contributed by atoms with Crippen molar-refractivity contribution in [3.63, 3.8) is 0 Å². The van der Waals surface area contributed by atoms with Crippen LogP contribution in [-0.4, -0.2) is 53.7 Å². The number of carboxylic acids is 1. The number of hydrogen-bond donors (Lipinski definition) is 2. The molecule has 1 saturated heterocycles. The van der Waals surface area contributed by atoms with E-state index in [1.165, 1.54) is 22.6 Å². The van der Waals surface area contributed by atoms with E-state index in [9.17, 15) is 18.0 Å². The van der Waals surface area contributed by atoms with Crippen molar-refractivity contribution >= 4 is 34.6 Å². The Morgan fingerprint density at radius 1 is 1.03 bits per heavy atom. The number of nitrogens with one attached hydrogen (secondary N) is 1. The normalized spacial score (nSPS) is 16.2. The van der Waals surface area contributed by atoms with Crippen LogP contribution < -0.4 is 10.2 Å². The minimum Gasteiger partial charge on any atom is -0.475 e. The number of anilines is 2. The second-order valence-electron chi connectivity index (χ2n) is 8.04. The van der Waals surface area contributed by atoms with Crippen molar-refractivity contribution in [3.05, 3.63) is 82.6 Å². The number of carbonyl (C=O) groups is 2. The SMILES string of the molecule is CC1CN(Cc2ccccc2)CCN1c1ccc(NC(=O)c2cccs2)cc1.O=C(O)C(F)(F)F. The topological polar surface area (TPSA) is 72.9 Å². The molecular weight excluding hydrogens is 479 g/mol. The van der Waals surface area contributed by atoms with Gasteiger partial charge in [0.15, 0.2) is 0 Å². The Kier molecular flexibility index (Phi) is 8.89. The highest BCUT2D eigenvalue weighted by molar-refractivity contribution is 7.12. The van der Waals surface area contributed by atoms with Gasteiger partial charge in [0.1, 0.15) is 0 Å². The maximum absolute atomic E-state index is 12.2. The Bertz CT molecular complexity index is 1090. The zero-order valence-corrected chi connectivity index (χ0v) is 19.9. The number of carboxylic acid groups (broad SMARTS) is 1. The van der Waals surface area contributed by atoms with Crippen molar-refractivity contribution in [2.45, 2.75) is 25.7 Å². The zero-order chi connectivity index (χ0) is 25.4. The van der Waals surface area contributed by atoms with Crippen LogP contribution >= 0.6 is 11.3 Å². The van der Waals surface area contributed by atoms with Gasteiger partial charge < -0.3 is 15.3 Å². The Balaban J connectivity index is 0.000000429. The summed E-state index contributed by atoms with van der Waals surface area (Å²) in [6, 6.07) is 23.0. The average Bonchev–Trinajstić information content (AvgIpc) is 3.36. The summed E-state index contributed by atoms with van der Waals surface area (Å²) in [5.74, 6) is -2.81. The molecule has 6 nitrogen and oxygen atoms in total. The van der Waals surface area contributed by atoms with Crippen LogP contribution in [0.3, 0.4) is 0 Å². The minimum absolute atomic E-state index is 0.0503. The molecule has 4 rings (SSSR count). The van der Waals surface area contributed by atoms with Crippen molar-refractivity contribution in [1.29, 1.82) is 0 Å². The number of alkyl halides is 3. The number of hydrogen-bond acceptors (Lipinski definition) is 5. The van der Waals surface area contributed by atoms with Gasteiger partial charge in [0.25, 0.3) is 5.91 Å². The predicted molar refractivity (Wildman–Crippen MR) is 131 cm³/mol. The van der Waals surface area contributed by atoms with Crippen molar-refractivity contribution in [1.82, 2.24) is 4.90 Å². The Hall–Kier alpha value is -3.37. The van der Waals surface area contributed by atoms with Gasteiger partial charge in [-0.25, -0.2) is 4.79 Å². The third-order valence-electron chi connectivity index (χ3n) is 5.40. The summed E-state index contributed by atoms with van der Waals surface area (Å²) in [5, 5.41) is 12.0. The van der Waals surface area contributed by atoms with E-state index in [1.807, 2.05) is 29.6 Å². The number of carbonyl (C=O) groups excluding carboxylic acids is 1. The van der Waals surface area contributed by atoms with E-state index >= 15 is 0 Å². The summed E-state index contributed by atoms with van der Waals surface area (Å²) in [6.45, 7) is 6.40. The molecule has 1 aliphatic rings. The van der Waals surface area contributed by atoms with Gasteiger partial charge in [-0.2, -0.15) is 13.2 Å². The molecule has 35 heavy (non-hydrogen) atoms. The molecule has 0 radical (unpaired) electrons. The van der Waals surface area contributed by atoms with E-state index < -0.39 is 12.1 Å². The molecule has 1 aliphatic heterocycles. The van der Waals surface area contributed by atoms with Crippen LogP contribution in [0.2, 0.25) is 0 Å². The lowest BCUT2D eigenvalue weighted by Crippen LogP contribution is -2.51. The first kappa shape index (κ1) is 26.2. The van der Waals surface area contributed by atoms with Crippen molar-refractivity contribution in [3.8, 4) is 0 Å².